The summed E-state index contributed by atoms with van der Waals surface area (Å²) in [6.45, 7) is 7.66. The minimum absolute atomic E-state index is 0.675. The molecule has 3 nitrogen and oxygen atoms in total. The Hall–Kier alpha value is -0.990. The minimum atomic E-state index is 0.675. The lowest BCUT2D eigenvalue weighted by molar-refractivity contribution is 0.425. The molecule has 0 radical (unpaired) electrons. The fourth-order valence-corrected chi connectivity index (χ4v) is 2.56. The molecule has 1 aromatic rings. The molecule has 0 fully saturated rings. The van der Waals surface area contributed by atoms with Gasteiger partial charge in [-0.1, -0.05) is 13.8 Å². The summed E-state index contributed by atoms with van der Waals surface area (Å²) in [6.07, 6.45) is 3.78. The summed E-state index contributed by atoms with van der Waals surface area (Å²) >= 11 is 0. The molecule has 15 heavy (non-hydrogen) atoms. The van der Waals surface area contributed by atoms with Crippen molar-refractivity contribution in [2.75, 3.05) is 11.9 Å². The first-order valence-corrected chi connectivity index (χ1v) is 6.05. The van der Waals surface area contributed by atoms with Crippen LogP contribution < -0.4 is 5.32 Å². The maximum absolute atomic E-state index is 4.38. The Labute approximate surface area is 91.7 Å². The standard InChI is InChI=1S/C12H21N3/c1-4-13-12-10-7-5-6-9(8(2)3)11(10)14-15-12/h8-9H,4-7H2,1-3H3,(H2,13,14,15). The first-order chi connectivity index (χ1) is 7.24. The van der Waals surface area contributed by atoms with Gasteiger partial charge in [0.25, 0.3) is 0 Å². The number of nitrogens with one attached hydrogen (secondary N) is 2. The molecule has 1 aliphatic carbocycles. The van der Waals surface area contributed by atoms with Gasteiger partial charge in [-0.2, -0.15) is 5.10 Å². The maximum Gasteiger partial charge on any atom is 0.151 e. The number of aromatic nitrogens is 2. The van der Waals surface area contributed by atoms with E-state index in [4.69, 9.17) is 0 Å². The summed E-state index contributed by atoms with van der Waals surface area (Å²) in [5.74, 6) is 2.46. The number of H-pyrrole nitrogens is 1. The highest BCUT2D eigenvalue weighted by atomic mass is 15.2. The topological polar surface area (TPSA) is 40.7 Å². The van der Waals surface area contributed by atoms with Crippen molar-refractivity contribution in [2.24, 2.45) is 5.92 Å². The van der Waals surface area contributed by atoms with Gasteiger partial charge in [0.1, 0.15) is 0 Å². The van der Waals surface area contributed by atoms with Crippen molar-refractivity contribution >= 4 is 5.82 Å². The summed E-state index contributed by atoms with van der Waals surface area (Å²) in [5.41, 5.74) is 2.81. The molecule has 2 N–H and O–H groups in total. The monoisotopic (exact) mass is 207 g/mol. The van der Waals surface area contributed by atoms with Crippen LogP contribution in [-0.4, -0.2) is 16.7 Å². The summed E-state index contributed by atoms with van der Waals surface area (Å²) in [7, 11) is 0. The third-order valence-electron chi connectivity index (χ3n) is 3.36. The number of hydrogen-bond donors (Lipinski definition) is 2. The van der Waals surface area contributed by atoms with Crippen molar-refractivity contribution in [3.63, 3.8) is 0 Å². The van der Waals surface area contributed by atoms with E-state index in [2.05, 4.69) is 36.3 Å². The summed E-state index contributed by atoms with van der Waals surface area (Å²) < 4.78 is 0. The Bertz CT molecular complexity index is 328. The van der Waals surface area contributed by atoms with Crippen molar-refractivity contribution in [2.45, 2.75) is 46.0 Å². The summed E-state index contributed by atoms with van der Waals surface area (Å²) in [6, 6.07) is 0. The van der Waals surface area contributed by atoms with Gasteiger partial charge in [-0.25, -0.2) is 0 Å². The molecular weight excluding hydrogens is 186 g/mol. The zero-order valence-corrected chi connectivity index (χ0v) is 9.93. The molecule has 2 rings (SSSR count). The molecule has 84 valence electrons. The molecule has 0 amide bonds. The Morgan fingerprint density at radius 3 is 3.00 bits per heavy atom. The second-order valence-corrected chi connectivity index (χ2v) is 4.74. The summed E-state index contributed by atoms with van der Waals surface area (Å²) in [5, 5.41) is 10.9. The van der Waals surface area contributed by atoms with Gasteiger partial charge in [0.15, 0.2) is 5.82 Å². The van der Waals surface area contributed by atoms with E-state index in [0.29, 0.717) is 11.8 Å². The number of fused-ring (bicyclic) bond motifs is 1. The van der Waals surface area contributed by atoms with Gasteiger partial charge in [-0.3, -0.25) is 5.10 Å². The number of nitrogens with zero attached hydrogens (tertiary/aromatic N) is 1. The van der Waals surface area contributed by atoms with Crippen molar-refractivity contribution in [1.29, 1.82) is 0 Å². The highest BCUT2D eigenvalue weighted by Gasteiger charge is 2.27. The largest absolute Gasteiger partial charge is 0.369 e. The van der Waals surface area contributed by atoms with E-state index in [1.54, 1.807) is 0 Å². The zero-order valence-electron chi connectivity index (χ0n) is 9.93. The highest BCUT2D eigenvalue weighted by molar-refractivity contribution is 5.48. The molecular formula is C12H21N3. The molecule has 1 atom stereocenters. The number of rotatable bonds is 3. The lowest BCUT2D eigenvalue weighted by atomic mass is 9.81. The molecule has 1 heterocycles. The van der Waals surface area contributed by atoms with Crippen LogP contribution in [0.2, 0.25) is 0 Å². The second-order valence-electron chi connectivity index (χ2n) is 4.74. The summed E-state index contributed by atoms with van der Waals surface area (Å²) in [4.78, 5) is 0. The molecule has 1 unspecified atom stereocenters. The first-order valence-electron chi connectivity index (χ1n) is 6.05. The van der Waals surface area contributed by atoms with E-state index in [9.17, 15) is 0 Å². The number of aromatic amines is 1. The average molecular weight is 207 g/mol. The second kappa shape index (κ2) is 4.25. The Kier molecular flexibility index (Phi) is 2.98. The highest BCUT2D eigenvalue weighted by Crippen LogP contribution is 2.37. The van der Waals surface area contributed by atoms with E-state index in [1.165, 1.54) is 30.5 Å². The van der Waals surface area contributed by atoms with Crippen LogP contribution in [0.4, 0.5) is 5.82 Å². The molecule has 3 heteroatoms. The van der Waals surface area contributed by atoms with Gasteiger partial charge in [0.05, 0.1) is 0 Å². The van der Waals surface area contributed by atoms with Crippen molar-refractivity contribution in [3.05, 3.63) is 11.3 Å². The van der Waals surface area contributed by atoms with E-state index in [0.717, 1.165) is 12.4 Å². The smallest absolute Gasteiger partial charge is 0.151 e. The average Bonchev–Trinajstić information content (AvgIpc) is 2.62. The van der Waals surface area contributed by atoms with E-state index < -0.39 is 0 Å². The van der Waals surface area contributed by atoms with Crippen LogP contribution in [0, 0.1) is 5.92 Å². The van der Waals surface area contributed by atoms with Gasteiger partial charge in [0.2, 0.25) is 0 Å². The third kappa shape index (κ3) is 1.87. The fourth-order valence-electron chi connectivity index (χ4n) is 2.56. The number of anilines is 1. The van der Waals surface area contributed by atoms with Crippen LogP contribution in [0.15, 0.2) is 0 Å². The molecule has 0 aliphatic heterocycles. The number of hydrogen-bond acceptors (Lipinski definition) is 2. The maximum atomic E-state index is 4.38. The van der Waals surface area contributed by atoms with Crippen molar-refractivity contribution < 1.29 is 0 Å². The Morgan fingerprint density at radius 2 is 2.33 bits per heavy atom. The normalized spacial score (nSPS) is 20.4. The minimum Gasteiger partial charge on any atom is -0.369 e. The van der Waals surface area contributed by atoms with Gasteiger partial charge in [0, 0.05) is 23.7 Å². The van der Waals surface area contributed by atoms with Gasteiger partial charge >= 0.3 is 0 Å². The molecule has 1 aromatic heterocycles. The third-order valence-corrected chi connectivity index (χ3v) is 3.36. The van der Waals surface area contributed by atoms with Crippen LogP contribution in [0.25, 0.3) is 0 Å². The van der Waals surface area contributed by atoms with E-state index >= 15 is 0 Å². The molecule has 1 aliphatic rings. The molecule has 0 saturated heterocycles. The van der Waals surface area contributed by atoms with Gasteiger partial charge in [-0.15, -0.1) is 0 Å². The lowest BCUT2D eigenvalue weighted by Crippen LogP contribution is -2.15. The van der Waals surface area contributed by atoms with Crippen molar-refractivity contribution in [1.82, 2.24) is 10.2 Å². The molecule has 0 bridgehead atoms. The SMILES string of the molecule is CCNc1n[nH]c2c1CCCC2C(C)C. The van der Waals surface area contributed by atoms with Gasteiger partial charge in [-0.05, 0) is 32.1 Å². The lowest BCUT2D eigenvalue weighted by Gasteiger charge is -2.25. The zero-order chi connectivity index (χ0) is 10.8. The van der Waals surface area contributed by atoms with Crippen LogP contribution in [-0.2, 0) is 6.42 Å². The first kappa shape index (κ1) is 10.5. The molecule has 0 saturated carbocycles. The van der Waals surface area contributed by atoms with Crippen molar-refractivity contribution in [3.8, 4) is 0 Å². The Balaban J connectivity index is 2.29. The molecule has 0 spiro atoms. The molecule has 0 aromatic carbocycles. The van der Waals surface area contributed by atoms with Crippen LogP contribution in [0.1, 0.15) is 50.8 Å². The van der Waals surface area contributed by atoms with E-state index in [1.807, 2.05) is 0 Å². The van der Waals surface area contributed by atoms with Crippen LogP contribution in [0.3, 0.4) is 0 Å². The van der Waals surface area contributed by atoms with E-state index in [-0.39, 0.29) is 0 Å². The fraction of sp³-hybridized carbons (Fsp3) is 0.750. The van der Waals surface area contributed by atoms with Crippen LogP contribution in [0.5, 0.6) is 0 Å². The predicted molar refractivity (Wildman–Crippen MR) is 63.3 cm³/mol. The Morgan fingerprint density at radius 1 is 1.53 bits per heavy atom. The quantitative estimate of drug-likeness (QED) is 0.800. The predicted octanol–water partition coefficient (Wildman–Crippen LogP) is 2.92. The van der Waals surface area contributed by atoms with Crippen LogP contribution >= 0.6 is 0 Å². The van der Waals surface area contributed by atoms with Gasteiger partial charge < -0.3 is 5.32 Å².